The second-order valence-electron chi connectivity index (χ2n) is 8.05. The third-order valence-electron chi connectivity index (χ3n) is 5.45. The van der Waals surface area contributed by atoms with Crippen molar-refractivity contribution in [2.45, 2.75) is 17.9 Å². The molecule has 7 nitrogen and oxygen atoms in total. The Bertz CT molecular complexity index is 963. The molecule has 2 aromatic heterocycles. The molecule has 32 heavy (non-hydrogen) atoms. The summed E-state index contributed by atoms with van der Waals surface area (Å²) in [6.07, 6.45) is 16.1. The molecule has 2 aliphatic carbocycles. The van der Waals surface area contributed by atoms with E-state index in [0.717, 1.165) is 23.8 Å². The van der Waals surface area contributed by atoms with Gasteiger partial charge in [-0.05, 0) is 12.3 Å². The zero-order chi connectivity index (χ0) is 23.5. The molecular formula is C20H25BF4N6O. The highest BCUT2D eigenvalue weighted by Gasteiger charge is 2.62. The van der Waals surface area contributed by atoms with Crippen molar-refractivity contribution in [2.75, 3.05) is 28.2 Å². The van der Waals surface area contributed by atoms with Gasteiger partial charge in [0.2, 0.25) is 0 Å². The van der Waals surface area contributed by atoms with Crippen LogP contribution in [0.25, 0.3) is 0 Å². The fraction of sp³-hybridized carbons (Fsp3) is 0.450. The molecule has 172 valence electrons. The van der Waals surface area contributed by atoms with Crippen molar-refractivity contribution in [3.63, 3.8) is 0 Å². The first-order valence-corrected chi connectivity index (χ1v) is 10.0. The van der Waals surface area contributed by atoms with Crippen LogP contribution in [0, 0.1) is 11.8 Å². The summed E-state index contributed by atoms with van der Waals surface area (Å²) in [6, 6.07) is 0.774. The van der Waals surface area contributed by atoms with E-state index in [2.05, 4.69) is 32.1 Å². The number of allylic oxidation sites excluding steroid dienone is 1. The van der Waals surface area contributed by atoms with Crippen molar-refractivity contribution in [3.05, 3.63) is 60.7 Å². The molecule has 0 saturated heterocycles. The van der Waals surface area contributed by atoms with Crippen molar-refractivity contribution >= 4 is 13.3 Å². The lowest BCUT2D eigenvalue weighted by Gasteiger charge is -2.40. The molecule has 0 amide bonds. The summed E-state index contributed by atoms with van der Waals surface area (Å²) in [5.41, 5.74) is 1.09. The Kier molecular flexibility index (Phi) is 6.80. The number of rotatable bonds is 3. The average molecular weight is 452 g/mol. The van der Waals surface area contributed by atoms with E-state index in [1.165, 1.54) is 0 Å². The smallest absolute Gasteiger partial charge is 0.418 e. The minimum Gasteiger partial charge on any atom is -0.418 e. The zero-order valence-electron chi connectivity index (χ0n) is 18.2. The summed E-state index contributed by atoms with van der Waals surface area (Å²) in [5, 5.41) is 0. The van der Waals surface area contributed by atoms with Gasteiger partial charge in [0.1, 0.15) is 5.69 Å². The van der Waals surface area contributed by atoms with Gasteiger partial charge >= 0.3 is 13.3 Å². The van der Waals surface area contributed by atoms with E-state index in [1.54, 1.807) is 24.8 Å². The van der Waals surface area contributed by atoms with Crippen LogP contribution in [0.5, 0.6) is 0 Å². The number of nitrogens with zero attached hydrogens (tertiary/aromatic N) is 6. The first kappa shape index (κ1) is 23.6. The highest BCUT2D eigenvalue weighted by atomic mass is 19.5. The van der Waals surface area contributed by atoms with Gasteiger partial charge in [-0.3, -0.25) is 19.9 Å². The largest absolute Gasteiger partial charge is 0.673 e. The lowest BCUT2D eigenvalue weighted by atomic mass is 9.74. The third kappa shape index (κ3) is 4.89. The molecule has 0 N–H and O–H groups in total. The van der Waals surface area contributed by atoms with Gasteiger partial charge in [-0.15, -0.1) is 0 Å². The lowest BCUT2D eigenvalue weighted by Crippen LogP contribution is -2.47. The number of halogens is 4. The van der Waals surface area contributed by atoms with Crippen LogP contribution < -0.4 is 0 Å². The maximum absolute atomic E-state index is 9.75. The molecule has 0 spiro atoms. The highest BCUT2D eigenvalue weighted by molar-refractivity contribution is 6.50. The van der Waals surface area contributed by atoms with E-state index in [9.17, 15) is 17.3 Å². The Hall–Kier alpha value is -3.05. The van der Waals surface area contributed by atoms with E-state index in [-0.39, 0.29) is 11.8 Å². The van der Waals surface area contributed by atoms with Crippen LogP contribution in [0.4, 0.5) is 17.3 Å². The van der Waals surface area contributed by atoms with Crippen molar-refractivity contribution < 1.29 is 26.6 Å². The van der Waals surface area contributed by atoms with Crippen molar-refractivity contribution in [3.8, 4) is 0 Å². The van der Waals surface area contributed by atoms with E-state index in [4.69, 9.17) is 4.74 Å². The summed E-state index contributed by atoms with van der Waals surface area (Å²) in [7, 11) is 1.94. The highest BCUT2D eigenvalue weighted by Crippen LogP contribution is 2.61. The molecule has 2 bridgehead atoms. The Balaban J connectivity index is 0.000000523. The molecule has 4 atom stereocenters. The first-order chi connectivity index (χ1) is 15.0. The summed E-state index contributed by atoms with van der Waals surface area (Å²) >= 11 is 0. The number of hydrogen-bond donors (Lipinski definition) is 0. The maximum Gasteiger partial charge on any atom is 0.673 e. The molecule has 2 aromatic rings. The number of aromatic nitrogens is 4. The fourth-order valence-corrected chi connectivity index (χ4v) is 4.53. The monoisotopic (exact) mass is 452 g/mol. The predicted octanol–water partition coefficient (Wildman–Crippen LogP) is 2.96. The molecule has 4 unspecified atom stereocenters. The second-order valence-corrected chi connectivity index (χ2v) is 8.05. The van der Waals surface area contributed by atoms with Crippen LogP contribution in [0.15, 0.2) is 49.3 Å². The second kappa shape index (κ2) is 9.21. The Morgan fingerprint density at radius 3 is 2.16 bits per heavy atom. The van der Waals surface area contributed by atoms with Gasteiger partial charge in [-0.2, -0.15) is 0 Å². The number of hydrogen-bond acceptors (Lipinski definition) is 5. The van der Waals surface area contributed by atoms with Gasteiger partial charge < -0.3 is 22.0 Å². The minimum absolute atomic E-state index is 0.0211. The fourth-order valence-electron chi connectivity index (χ4n) is 4.53. The Morgan fingerprint density at radius 2 is 1.66 bits per heavy atom. The number of fused-ring (bicyclic) bond motifs is 2. The molecule has 2 heterocycles. The third-order valence-corrected chi connectivity index (χ3v) is 5.45. The van der Waals surface area contributed by atoms with Gasteiger partial charge in [0, 0.05) is 36.9 Å². The summed E-state index contributed by atoms with van der Waals surface area (Å²) in [4.78, 5) is 20.0. The molecule has 1 fully saturated rings. The van der Waals surface area contributed by atoms with Gasteiger partial charge in [-0.1, -0.05) is 12.2 Å². The van der Waals surface area contributed by atoms with Crippen LogP contribution in [-0.2, 0) is 10.3 Å². The standard InChI is InChI=1S/C20H25N6O.BF4/c1-25(2)19(26(3)4)27-20(17-13-22-8-10-24-17)15-6-5-14(11-15)18(20)16-12-21-7-9-23-16;2-1(3,4)5/h5-10,12-15,18H,11H2,1-4H3;/q+1;-1. The quantitative estimate of drug-likeness (QED) is 0.178. The normalized spacial score (nSPS) is 25.7. The minimum atomic E-state index is -6.00. The van der Waals surface area contributed by atoms with Crippen LogP contribution >= 0.6 is 0 Å². The van der Waals surface area contributed by atoms with Gasteiger partial charge in [0.25, 0.3) is 0 Å². The molecule has 0 aliphatic heterocycles. The molecule has 0 aromatic carbocycles. The van der Waals surface area contributed by atoms with Crippen molar-refractivity contribution in [1.82, 2.24) is 24.8 Å². The molecule has 4 rings (SSSR count). The topological polar surface area (TPSA) is 67.0 Å². The molecular weight excluding hydrogens is 427 g/mol. The molecule has 0 radical (unpaired) electrons. The zero-order valence-corrected chi connectivity index (χ0v) is 18.2. The Labute approximate surface area is 184 Å². The van der Waals surface area contributed by atoms with Crippen molar-refractivity contribution in [1.29, 1.82) is 0 Å². The summed E-state index contributed by atoms with van der Waals surface area (Å²) in [6.45, 7) is 0. The van der Waals surface area contributed by atoms with Gasteiger partial charge in [-0.25, -0.2) is 9.48 Å². The van der Waals surface area contributed by atoms with Gasteiger partial charge in [0.15, 0.2) is 5.60 Å². The number of ether oxygens (including phenoxy) is 1. The van der Waals surface area contributed by atoms with E-state index in [1.807, 2.05) is 50.1 Å². The summed E-state index contributed by atoms with van der Waals surface area (Å²) in [5.74, 6) is 0.549. The predicted molar refractivity (Wildman–Crippen MR) is 111 cm³/mol. The summed E-state index contributed by atoms with van der Waals surface area (Å²) < 4.78 is 47.8. The number of amidine groups is 1. The van der Waals surface area contributed by atoms with E-state index in [0.29, 0.717) is 5.92 Å². The van der Waals surface area contributed by atoms with Crippen molar-refractivity contribution in [2.24, 2.45) is 11.8 Å². The van der Waals surface area contributed by atoms with E-state index < -0.39 is 12.9 Å². The molecule has 2 aliphatic rings. The Morgan fingerprint density at radius 1 is 1.03 bits per heavy atom. The van der Waals surface area contributed by atoms with Crippen LogP contribution in [0.1, 0.15) is 23.7 Å². The maximum atomic E-state index is 9.75. The van der Waals surface area contributed by atoms with Gasteiger partial charge in [0.05, 0.1) is 46.0 Å². The average Bonchev–Trinajstić information content (AvgIpc) is 3.32. The molecule has 1 saturated carbocycles. The lowest BCUT2D eigenvalue weighted by molar-refractivity contribution is -0.483. The van der Waals surface area contributed by atoms with Crippen LogP contribution in [0.3, 0.4) is 0 Å². The van der Waals surface area contributed by atoms with Crippen LogP contribution in [0.2, 0.25) is 0 Å². The molecule has 12 heteroatoms. The first-order valence-electron chi connectivity index (χ1n) is 10.0. The van der Waals surface area contributed by atoms with Crippen LogP contribution in [-0.4, -0.2) is 70.9 Å². The van der Waals surface area contributed by atoms with E-state index >= 15 is 0 Å². The SMILES string of the molecule is CN(C)C(OC1(c2cnccn2)C2C=CC(C2)C1c1cnccn1)=[N+](C)C.F[B-](F)(F)F.